The Kier molecular flexibility index (Phi) is 7.97. The van der Waals surface area contributed by atoms with Gasteiger partial charge in [0.25, 0.3) is 5.91 Å². The Morgan fingerprint density at radius 3 is 2.62 bits per heavy atom. The third-order valence-electron chi connectivity index (χ3n) is 5.81. The van der Waals surface area contributed by atoms with Gasteiger partial charge in [0.2, 0.25) is 0 Å². The van der Waals surface area contributed by atoms with Gasteiger partial charge in [0.05, 0.1) is 13.2 Å². The van der Waals surface area contributed by atoms with Crippen molar-refractivity contribution in [3.05, 3.63) is 29.1 Å². The second-order valence-electron chi connectivity index (χ2n) is 8.30. The van der Waals surface area contributed by atoms with Crippen LogP contribution in [0.4, 0.5) is 18.0 Å². The van der Waals surface area contributed by atoms with E-state index in [4.69, 9.17) is 4.74 Å². The van der Waals surface area contributed by atoms with Crippen molar-refractivity contribution in [2.45, 2.75) is 76.2 Å². The molecule has 1 N–H and O–H groups in total. The van der Waals surface area contributed by atoms with E-state index >= 15 is 0 Å². The molecule has 2 amide bonds. The van der Waals surface area contributed by atoms with Crippen molar-refractivity contribution < 1.29 is 32.2 Å². The van der Waals surface area contributed by atoms with Crippen molar-refractivity contribution in [3.8, 4) is 0 Å². The van der Waals surface area contributed by atoms with Crippen LogP contribution in [0, 0.1) is 0 Å². The molecule has 7 nitrogen and oxygen atoms in total. The number of amides is 2. The standard InChI is InChI=1S/C22H30F3N3O4/c1-14(28(17-8-9-17)20(29)18-7-3-4-11-32-18)15-12-16(6-5-10-26-21(30)31-2)27-19(13-15)22(23,24)25/h12-14,17-18H,3-11H2,1-2H3,(H,26,30)/t14-,18-/m1/s1. The zero-order chi connectivity index (χ0) is 23.3. The smallest absolute Gasteiger partial charge is 0.433 e. The van der Waals surface area contributed by atoms with Gasteiger partial charge in [0.15, 0.2) is 0 Å². The summed E-state index contributed by atoms with van der Waals surface area (Å²) in [6.45, 7) is 2.54. The van der Waals surface area contributed by atoms with Crippen LogP contribution in [0.3, 0.4) is 0 Å². The molecule has 1 aromatic heterocycles. The molecule has 2 atom stereocenters. The number of nitrogens with zero attached hydrogens (tertiary/aromatic N) is 2. The lowest BCUT2D eigenvalue weighted by atomic mass is 10.0. The number of alkyl halides is 3. The van der Waals surface area contributed by atoms with Gasteiger partial charge in [0, 0.05) is 24.9 Å². The van der Waals surface area contributed by atoms with Crippen LogP contribution >= 0.6 is 0 Å². The summed E-state index contributed by atoms with van der Waals surface area (Å²) in [4.78, 5) is 29.8. The van der Waals surface area contributed by atoms with E-state index in [0.29, 0.717) is 25.0 Å². The first kappa shape index (κ1) is 24.3. The summed E-state index contributed by atoms with van der Waals surface area (Å²) >= 11 is 0. The van der Waals surface area contributed by atoms with Crippen LogP contribution < -0.4 is 5.32 Å². The lowest BCUT2D eigenvalue weighted by molar-refractivity contribution is -0.149. The topological polar surface area (TPSA) is 80.8 Å². The molecule has 2 aliphatic rings. The van der Waals surface area contributed by atoms with E-state index in [1.54, 1.807) is 17.9 Å². The van der Waals surface area contributed by atoms with Crippen molar-refractivity contribution in [3.63, 3.8) is 0 Å². The highest BCUT2D eigenvalue weighted by Gasteiger charge is 2.41. The first-order chi connectivity index (χ1) is 15.2. The summed E-state index contributed by atoms with van der Waals surface area (Å²) in [6.07, 6.45) is -0.948. The number of methoxy groups -OCH3 is 1. The molecule has 0 aromatic carbocycles. The number of rotatable bonds is 8. The van der Waals surface area contributed by atoms with Crippen LogP contribution in [0.2, 0.25) is 0 Å². The van der Waals surface area contributed by atoms with E-state index in [2.05, 4.69) is 15.0 Å². The molecule has 0 bridgehead atoms. The SMILES string of the molecule is COC(=O)NCCCc1cc([C@@H](C)N(C(=O)[C@H]2CCCCO2)C2CC2)cc(C(F)(F)F)n1. The summed E-state index contributed by atoms with van der Waals surface area (Å²) < 4.78 is 50.7. The predicted octanol–water partition coefficient (Wildman–Crippen LogP) is 4.01. The Morgan fingerprint density at radius 1 is 1.28 bits per heavy atom. The second kappa shape index (κ2) is 10.5. The summed E-state index contributed by atoms with van der Waals surface area (Å²) in [7, 11) is 1.24. The molecule has 2 heterocycles. The molecule has 0 radical (unpaired) electrons. The van der Waals surface area contributed by atoms with Crippen molar-refractivity contribution in [2.24, 2.45) is 0 Å². The number of aryl methyl sites for hydroxylation is 1. The molecule has 0 spiro atoms. The molecule has 1 saturated carbocycles. The largest absolute Gasteiger partial charge is 0.453 e. The minimum Gasteiger partial charge on any atom is -0.453 e. The highest BCUT2D eigenvalue weighted by atomic mass is 19.4. The molecule has 0 unspecified atom stereocenters. The average molecular weight is 457 g/mol. The van der Waals surface area contributed by atoms with Gasteiger partial charge in [-0.2, -0.15) is 13.2 Å². The molecule has 2 fully saturated rings. The summed E-state index contributed by atoms with van der Waals surface area (Å²) in [5.41, 5.74) is -0.306. The number of hydrogen-bond donors (Lipinski definition) is 1. The Morgan fingerprint density at radius 2 is 2.03 bits per heavy atom. The normalized spacial score (nSPS) is 19.8. The third kappa shape index (κ3) is 6.34. The fraction of sp³-hybridized carbons (Fsp3) is 0.682. The van der Waals surface area contributed by atoms with Crippen molar-refractivity contribution in [2.75, 3.05) is 20.3 Å². The predicted molar refractivity (Wildman–Crippen MR) is 110 cm³/mol. The number of halogens is 3. The van der Waals surface area contributed by atoms with Crippen LogP contribution in [0.1, 0.15) is 68.4 Å². The Hall–Kier alpha value is -2.36. The van der Waals surface area contributed by atoms with Gasteiger partial charge >= 0.3 is 12.3 Å². The fourth-order valence-electron chi connectivity index (χ4n) is 3.96. The molecule has 32 heavy (non-hydrogen) atoms. The van der Waals surface area contributed by atoms with Crippen molar-refractivity contribution in [1.82, 2.24) is 15.2 Å². The molecule has 1 aliphatic carbocycles. The maximum atomic E-state index is 13.5. The molecule has 10 heteroatoms. The second-order valence-corrected chi connectivity index (χ2v) is 8.30. The first-order valence-electron chi connectivity index (χ1n) is 11.0. The Balaban J connectivity index is 1.80. The fourth-order valence-corrected chi connectivity index (χ4v) is 3.96. The summed E-state index contributed by atoms with van der Waals surface area (Å²) in [5.74, 6) is -0.145. The molecule has 1 aliphatic heterocycles. The Bertz CT molecular complexity index is 808. The van der Waals surface area contributed by atoms with Gasteiger partial charge in [-0.15, -0.1) is 0 Å². The van der Waals surface area contributed by atoms with Gasteiger partial charge in [0.1, 0.15) is 11.8 Å². The minimum absolute atomic E-state index is 0.0261. The van der Waals surface area contributed by atoms with Crippen LogP contribution in [0.15, 0.2) is 12.1 Å². The molecule has 1 saturated heterocycles. The zero-order valence-electron chi connectivity index (χ0n) is 18.4. The molecule has 178 valence electrons. The maximum Gasteiger partial charge on any atom is 0.433 e. The van der Waals surface area contributed by atoms with Gasteiger partial charge in [-0.1, -0.05) is 0 Å². The van der Waals surface area contributed by atoms with Gasteiger partial charge in [-0.05, 0) is 69.6 Å². The molecular weight excluding hydrogens is 427 g/mol. The number of pyridine rings is 1. The summed E-state index contributed by atoms with van der Waals surface area (Å²) in [6, 6.07) is 2.16. The number of aromatic nitrogens is 1. The van der Waals surface area contributed by atoms with E-state index in [1.807, 2.05) is 0 Å². The third-order valence-corrected chi connectivity index (χ3v) is 5.81. The van der Waals surface area contributed by atoms with Crippen LogP contribution in [0.5, 0.6) is 0 Å². The van der Waals surface area contributed by atoms with Crippen molar-refractivity contribution in [1.29, 1.82) is 0 Å². The monoisotopic (exact) mass is 457 g/mol. The number of nitrogens with one attached hydrogen (secondary N) is 1. The van der Waals surface area contributed by atoms with Gasteiger partial charge < -0.3 is 19.7 Å². The Labute approximate surface area is 185 Å². The number of alkyl carbamates (subject to hydrolysis) is 1. The maximum absolute atomic E-state index is 13.5. The number of carbonyl (C=O) groups is 2. The van der Waals surface area contributed by atoms with E-state index in [-0.39, 0.29) is 30.6 Å². The lowest BCUT2D eigenvalue weighted by Gasteiger charge is -2.34. The van der Waals surface area contributed by atoms with Crippen LogP contribution in [-0.2, 0) is 26.9 Å². The number of ether oxygens (including phenoxy) is 2. The quantitative estimate of drug-likeness (QED) is 0.597. The van der Waals surface area contributed by atoms with E-state index < -0.39 is 30.1 Å². The van der Waals surface area contributed by atoms with E-state index in [0.717, 1.165) is 31.7 Å². The number of hydrogen-bond acceptors (Lipinski definition) is 5. The lowest BCUT2D eigenvalue weighted by Crippen LogP contribution is -2.44. The van der Waals surface area contributed by atoms with Crippen LogP contribution in [0.25, 0.3) is 0 Å². The molecule has 1 aromatic rings. The average Bonchev–Trinajstić information content (AvgIpc) is 3.61. The van der Waals surface area contributed by atoms with E-state index in [9.17, 15) is 22.8 Å². The minimum atomic E-state index is -4.60. The van der Waals surface area contributed by atoms with E-state index in [1.165, 1.54) is 7.11 Å². The number of carbonyl (C=O) groups excluding carboxylic acids is 2. The summed E-state index contributed by atoms with van der Waals surface area (Å²) in [5, 5.41) is 2.50. The van der Waals surface area contributed by atoms with Gasteiger partial charge in [-0.25, -0.2) is 9.78 Å². The highest BCUT2D eigenvalue weighted by molar-refractivity contribution is 5.82. The van der Waals surface area contributed by atoms with Crippen molar-refractivity contribution >= 4 is 12.0 Å². The van der Waals surface area contributed by atoms with Crippen LogP contribution in [-0.4, -0.2) is 54.3 Å². The highest BCUT2D eigenvalue weighted by Crippen LogP contribution is 2.38. The zero-order valence-corrected chi connectivity index (χ0v) is 18.4. The molecular formula is C22H30F3N3O4. The van der Waals surface area contributed by atoms with Gasteiger partial charge in [-0.3, -0.25) is 4.79 Å². The first-order valence-corrected chi connectivity index (χ1v) is 11.0. The molecule has 3 rings (SSSR count).